The van der Waals surface area contributed by atoms with Gasteiger partial charge in [-0.25, -0.2) is 13.8 Å². The number of hydrogen-bond acceptors (Lipinski definition) is 6. The number of ether oxygens (including phenoxy) is 1. The average molecular weight is 577 g/mol. The van der Waals surface area contributed by atoms with E-state index in [2.05, 4.69) is 15.8 Å². The molecule has 4 rings (SSSR count). The van der Waals surface area contributed by atoms with Gasteiger partial charge < -0.3 is 10.1 Å². The van der Waals surface area contributed by atoms with Gasteiger partial charge in [-0.2, -0.15) is 5.10 Å². The second-order valence-corrected chi connectivity index (χ2v) is 12.0. The molecular weight excluding hydrogens is 540 g/mol. The Kier molecular flexibility index (Phi) is 10.1. The molecule has 0 spiro atoms. The van der Waals surface area contributed by atoms with Crippen molar-refractivity contribution >= 4 is 33.7 Å². The number of para-hydroxylation sites is 1. The minimum absolute atomic E-state index is 0.0527. The van der Waals surface area contributed by atoms with Crippen LogP contribution in [0.15, 0.2) is 82.8 Å². The van der Waals surface area contributed by atoms with Crippen molar-refractivity contribution in [1.82, 2.24) is 10.7 Å². The maximum atomic E-state index is 13.5. The highest BCUT2D eigenvalue weighted by molar-refractivity contribution is 7.92. The lowest BCUT2D eigenvalue weighted by atomic mass is 9.95. The van der Waals surface area contributed by atoms with E-state index >= 15 is 0 Å². The lowest BCUT2D eigenvalue weighted by Crippen LogP contribution is -2.40. The molecule has 9 nitrogen and oxygen atoms in total. The molecule has 0 atom stereocenters. The highest BCUT2D eigenvalue weighted by Gasteiger charge is 2.28. The predicted octanol–water partition coefficient (Wildman–Crippen LogP) is 4.48. The molecule has 1 aliphatic carbocycles. The fourth-order valence-corrected chi connectivity index (χ4v) is 6.13. The summed E-state index contributed by atoms with van der Waals surface area (Å²) in [6, 6.07) is 20.6. The van der Waals surface area contributed by atoms with E-state index in [1.165, 1.54) is 24.8 Å². The number of anilines is 1. The molecule has 216 valence electrons. The van der Waals surface area contributed by atoms with E-state index in [-0.39, 0.29) is 23.5 Å². The Labute approximate surface area is 241 Å². The van der Waals surface area contributed by atoms with Gasteiger partial charge in [-0.1, -0.05) is 55.2 Å². The van der Waals surface area contributed by atoms with Crippen molar-refractivity contribution in [3.8, 4) is 5.75 Å². The molecule has 0 aliphatic heterocycles. The third-order valence-electron chi connectivity index (χ3n) is 6.90. The van der Waals surface area contributed by atoms with Gasteiger partial charge in [0.05, 0.1) is 16.8 Å². The molecule has 0 bridgehead atoms. The van der Waals surface area contributed by atoms with Crippen LogP contribution in [0.25, 0.3) is 0 Å². The molecule has 2 amide bonds. The topological polar surface area (TPSA) is 117 Å². The second-order valence-electron chi connectivity index (χ2n) is 10.2. The SMILES string of the molecule is Cc1ccc(S(=O)(=O)N(CC(=O)N/N=C\c2ccc(OCC(=O)NC3CCCCC3)cc2)c2ccccc2C)cc1. The number of hydrogen-bond donors (Lipinski definition) is 2. The molecule has 3 aromatic carbocycles. The van der Waals surface area contributed by atoms with E-state index in [4.69, 9.17) is 4.74 Å². The molecule has 41 heavy (non-hydrogen) atoms. The molecule has 0 radical (unpaired) electrons. The number of benzene rings is 3. The summed E-state index contributed by atoms with van der Waals surface area (Å²) in [4.78, 5) is 25.1. The van der Waals surface area contributed by atoms with Gasteiger partial charge in [0.25, 0.3) is 21.8 Å². The van der Waals surface area contributed by atoms with E-state index < -0.39 is 22.5 Å². The Hall–Kier alpha value is -4.18. The smallest absolute Gasteiger partial charge is 0.264 e. The van der Waals surface area contributed by atoms with Crippen molar-refractivity contribution in [2.75, 3.05) is 17.5 Å². The molecule has 1 aliphatic rings. The van der Waals surface area contributed by atoms with Gasteiger partial charge in [-0.15, -0.1) is 0 Å². The van der Waals surface area contributed by atoms with Gasteiger partial charge >= 0.3 is 0 Å². The molecule has 0 heterocycles. The maximum absolute atomic E-state index is 13.5. The molecule has 0 aromatic heterocycles. The minimum Gasteiger partial charge on any atom is -0.484 e. The van der Waals surface area contributed by atoms with E-state index in [9.17, 15) is 18.0 Å². The van der Waals surface area contributed by atoms with Crippen molar-refractivity contribution in [1.29, 1.82) is 0 Å². The second kappa shape index (κ2) is 13.9. The molecule has 0 saturated heterocycles. The Morgan fingerprint density at radius 3 is 2.29 bits per heavy atom. The zero-order valence-corrected chi connectivity index (χ0v) is 24.2. The summed E-state index contributed by atoms with van der Waals surface area (Å²) >= 11 is 0. The normalized spacial score (nSPS) is 14.0. The van der Waals surface area contributed by atoms with E-state index in [0.717, 1.165) is 35.6 Å². The standard InChI is InChI=1S/C31H36N4O5S/c1-23-12-18-28(19-13-23)41(38,39)35(29-11-7-6-8-24(29)2)21-30(36)34-32-20-25-14-16-27(17-15-25)40-22-31(37)33-26-9-4-3-5-10-26/h6-8,11-20,26H,3-5,9-10,21-22H2,1-2H3,(H,33,37)(H,34,36)/b32-20-. The highest BCUT2D eigenvalue weighted by atomic mass is 32.2. The fourth-order valence-electron chi connectivity index (χ4n) is 4.64. The Morgan fingerprint density at radius 2 is 1.61 bits per heavy atom. The third kappa shape index (κ3) is 8.40. The lowest BCUT2D eigenvalue weighted by Gasteiger charge is -2.25. The molecule has 1 saturated carbocycles. The van der Waals surface area contributed by atoms with Crippen LogP contribution in [0.4, 0.5) is 5.69 Å². The Balaban J connectivity index is 1.34. The van der Waals surface area contributed by atoms with Gasteiger partial charge in [0.1, 0.15) is 12.3 Å². The number of carbonyl (C=O) groups excluding carboxylic acids is 2. The number of nitrogens with zero attached hydrogens (tertiary/aromatic N) is 2. The summed E-state index contributed by atoms with van der Waals surface area (Å²) in [5.74, 6) is -0.182. The summed E-state index contributed by atoms with van der Waals surface area (Å²) < 4.78 is 33.7. The molecule has 0 unspecified atom stereocenters. The summed E-state index contributed by atoms with van der Waals surface area (Å²) in [5.41, 5.74) is 5.16. The largest absolute Gasteiger partial charge is 0.484 e. The fraction of sp³-hybridized carbons (Fsp3) is 0.323. The molecule has 10 heteroatoms. The molecule has 1 fully saturated rings. The number of hydrazone groups is 1. The number of carbonyl (C=O) groups is 2. The summed E-state index contributed by atoms with van der Waals surface area (Å²) in [7, 11) is -4.01. The molecule has 2 N–H and O–H groups in total. The first-order valence-corrected chi connectivity index (χ1v) is 15.2. The van der Waals surface area contributed by atoms with Gasteiger partial charge in [0.15, 0.2) is 6.61 Å². The Morgan fingerprint density at radius 1 is 0.927 bits per heavy atom. The van der Waals surface area contributed by atoms with Gasteiger partial charge in [-0.05, 0) is 80.3 Å². The zero-order valence-electron chi connectivity index (χ0n) is 23.4. The average Bonchev–Trinajstić information content (AvgIpc) is 2.97. The van der Waals surface area contributed by atoms with Crippen molar-refractivity contribution in [3.05, 3.63) is 89.5 Å². The molecular formula is C31H36N4O5S. The van der Waals surface area contributed by atoms with Gasteiger partial charge in [-0.3, -0.25) is 13.9 Å². The van der Waals surface area contributed by atoms with Gasteiger partial charge in [0, 0.05) is 6.04 Å². The lowest BCUT2D eigenvalue weighted by molar-refractivity contribution is -0.124. The summed E-state index contributed by atoms with van der Waals surface area (Å²) in [6.45, 7) is 3.16. The van der Waals surface area contributed by atoms with Crippen LogP contribution >= 0.6 is 0 Å². The highest BCUT2D eigenvalue weighted by Crippen LogP contribution is 2.26. The number of sulfonamides is 1. The van der Waals surface area contributed by atoms with Crippen LogP contribution in [0.3, 0.4) is 0 Å². The van der Waals surface area contributed by atoms with Crippen LogP contribution in [-0.2, 0) is 19.6 Å². The minimum atomic E-state index is -4.01. The van der Waals surface area contributed by atoms with Crippen LogP contribution in [0.2, 0.25) is 0 Å². The number of rotatable bonds is 11. The molecule has 3 aromatic rings. The van der Waals surface area contributed by atoms with E-state index in [1.807, 2.05) is 13.0 Å². The van der Waals surface area contributed by atoms with Crippen LogP contribution in [0, 0.1) is 13.8 Å². The third-order valence-corrected chi connectivity index (χ3v) is 8.68. The zero-order chi connectivity index (χ0) is 29.2. The van der Waals surface area contributed by atoms with Crippen LogP contribution < -0.4 is 19.8 Å². The number of aryl methyl sites for hydroxylation is 2. The first kappa shape index (κ1) is 29.8. The van der Waals surface area contributed by atoms with Crippen molar-refractivity contribution in [2.24, 2.45) is 5.10 Å². The van der Waals surface area contributed by atoms with Crippen LogP contribution in [-0.4, -0.2) is 45.6 Å². The van der Waals surface area contributed by atoms with Gasteiger partial charge in [0.2, 0.25) is 0 Å². The number of nitrogens with one attached hydrogen (secondary N) is 2. The monoisotopic (exact) mass is 576 g/mol. The van der Waals surface area contributed by atoms with E-state index in [0.29, 0.717) is 22.6 Å². The van der Waals surface area contributed by atoms with Crippen molar-refractivity contribution < 1.29 is 22.7 Å². The van der Waals surface area contributed by atoms with E-state index in [1.54, 1.807) is 61.5 Å². The summed E-state index contributed by atoms with van der Waals surface area (Å²) in [6.07, 6.45) is 7.00. The first-order valence-electron chi connectivity index (χ1n) is 13.7. The maximum Gasteiger partial charge on any atom is 0.264 e. The summed E-state index contributed by atoms with van der Waals surface area (Å²) in [5, 5.41) is 7.02. The van der Waals surface area contributed by atoms with Crippen LogP contribution in [0.1, 0.15) is 48.8 Å². The van der Waals surface area contributed by atoms with Crippen molar-refractivity contribution in [3.63, 3.8) is 0 Å². The predicted molar refractivity (Wildman–Crippen MR) is 160 cm³/mol. The van der Waals surface area contributed by atoms with Crippen molar-refractivity contribution in [2.45, 2.75) is 56.9 Å². The number of amides is 2. The van der Waals surface area contributed by atoms with Crippen LogP contribution in [0.5, 0.6) is 5.75 Å². The quantitative estimate of drug-likeness (QED) is 0.258. The first-order chi connectivity index (χ1) is 19.7. The Bertz CT molecular complexity index is 1470.